The van der Waals surface area contributed by atoms with E-state index in [4.69, 9.17) is 0 Å². The Bertz CT molecular complexity index is 549. The summed E-state index contributed by atoms with van der Waals surface area (Å²) in [6.45, 7) is 1.65. The van der Waals surface area contributed by atoms with Gasteiger partial charge in [-0.05, 0) is 37.3 Å². The molecule has 158 valence electrons. The minimum Gasteiger partial charge on any atom is -0.300 e. The Morgan fingerprint density at radius 3 is 1.96 bits per heavy atom. The number of unbranched alkanes of at least 4 members (excludes halogenated alkanes) is 10. The van der Waals surface area contributed by atoms with Crippen molar-refractivity contribution in [3.05, 3.63) is 35.6 Å². The van der Waals surface area contributed by atoms with E-state index in [-0.39, 0.29) is 17.5 Å². The van der Waals surface area contributed by atoms with Gasteiger partial charge in [0.15, 0.2) is 0 Å². The molecule has 0 saturated heterocycles. The molecule has 0 spiro atoms. The van der Waals surface area contributed by atoms with Crippen molar-refractivity contribution in [2.24, 2.45) is 11.8 Å². The van der Waals surface area contributed by atoms with E-state index in [1.54, 1.807) is 19.1 Å². The minimum absolute atomic E-state index is 0.0307. The highest BCUT2D eigenvalue weighted by atomic mass is 19.1. The van der Waals surface area contributed by atoms with Gasteiger partial charge in [0.25, 0.3) is 0 Å². The van der Waals surface area contributed by atoms with Crippen molar-refractivity contribution in [2.45, 2.75) is 110 Å². The van der Waals surface area contributed by atoms with Crippen LogP contribution in [-0.2, 0) is 11.2 Å². The van der Waals surface area contributed by atoms with Gasteiger partial charge in [-0.15, -0.1) is 0 Å². The number of rotatable bonds is 17. The summed E-state index contributed by atoms with van der Waals surface area (Å²) in [5, 5.41) is 0. The van der Waals surface area contributed by atoms with Crippen LogP contribution in [0.3, 0.4) is 0 Å². The van der Waals surface area contributed by atoms with Gasteiger partial charge in [0, 0.05) is 5.92 Å². The summed E-state index contributed by atoms with van der Waals surface area (Å²) in [4.78, 5) is 11.9. The Balaban J connectivity index is 1.41. The highest BCUT2D eigenvalue weighted by Crippen LogP contribution is 2.34. The van der Waals surface area contributed by atoms with Crippen molar-refractivity contribution in [3.63, 3.8) is 0 Å². The van der Waals surface area contributed by atoms with Gasteiger partial charge in [-0.3, -0.25) is 4.79 Å². The van der Waals surface area contributed by atoms with Gasteiger partial charge in [0.2, 0.25) is 0 Å². The van der Waals surface area contributed by atoms with Crippen molar-refractivity contribution < 1.29 is 9.18 Å². The molecule has 1 aliphatic rings. The molecule has 1 aliphatic carbocycles. The zero-order valence-corrected chi connectivity index (χ0v) is 18.1. The fourth-order valence-corrected chi connectivity index (χ4v) is 4.20. The van der Waals surface area contributed by atoms with Crippen LogP contribution in [0.15, 0.2) is 24.3 Å². The lowest BCUT2D eigenvalue weighted by atomic mass is 9.90. The molecule has 2 rings (SSSR count). The second kappa shape index (κ2) is 13.9. The molecule has 0 radical (unpaired) electrons. The molecule has 0 bridgehead atoms. The third-order valence-corrected chi connectivity index (χ3v) is 6.36. The van der Waals surface area contributed by atoms with E-state index < -0.39 is 0 Å². The molecule has 1 aromatic carbocycles. The first kappa shape index (κ1) is 23.1. The number of hydrogen-bond donors (Lipinski definition) is 0. The average molecular weight is 389 g/mol. The molecule has 1 atom stereocenters. The van der Waals surface area contributed by atoms with Crippen molar-refractivity contribution in [3.8, 4) is 0 Å². The van der Waals surface area contributed by atoms with E-state index in [1.165, 1.54) is 89.5 Å². The zero-order valence-electron chi connectivity index (χ0n) is 18.1. The number of benzene rings is 1. The van der Waals surface area contributed by atoms with Gasteiger partial charge in [-0.2, -0.15) is 0 Å². The van der Waals surface area contributed by atoms with Gasteiger partial charge in [0.1, 0.15) is 11.6 Å². The Labute approximate surface area is 172 Å². The summed E-state index contributed by atoms with van der Waals surface area (Å²) in [5.41, 5.74) is 0.676. The molecule has 0 heterocycles. The zero-order chi connectivity index (χ0) is 20.0. The van der Waals surface area contributed by atoms with Crippen LogP contribution in [0.4, 0.5) is 4.39 Å². The quantitative estimate of drug-likeness (QED) is 0.247. The molecule has 0 N–H and O–H groups in total. The van der Waals surface area contributed by atoms with Crippen molar-refractivity contribution in [2.75, 3.05) is 0 Å². The lowest BCUT2D eigenvalue weighted by molar-refractivity contribution is -0.120. The molecule has 1 unspecified atom stereocenters. The van der Waals surface area contributed by atoms with E-state index in [9.17, 15) is 9.18 Å². The van der Waals surface area contributed by atoms with Crippen LogP contribution in [0.5, 0.6) is 0 Å². The molecule has 0 aliphatic heterocycles. The maximum Gasteiger partial charge on any atom is 0.133 e. The maximum absolute atomic E-state index is 13.8. The van der Waals surface area contributed by atoms with Crippen LogP contribution < -0.4 is 0 Å². The van der Waals surface area contributed by atoms with Crippen LogP contribution in [0, 0.1) is 17.7 Å². The summed E-state index contributed by atoms with van der Waals surface area (Å²) in [7, 11) is 0. The fourth-order valence-electron chi connectivity index (χ4n) is 4.20. The molecule has 0 amide bonds. The third kappa shape index (κ3) is 10.4. The number of hydrogen-bond acceptors (Lipinski definition) is 1. The normalized spacial score (nSPS) is 14.9. The molecule has 1 fully saturated rings. The summed E-state index contributed by atoms with van der Waals surface area (Å²) in [6.07, 6.45) is 20.7. The molecule has 1 nitrogen and oxygen atoms in total. The predicted octanol–water partition coefficient (Wildman–Crippen LogP) is 8.05. The second-order valence-electron chi connectivity index (χ2n) is 9.01. The standard InChI is InChI=1S/C26H41FO/c1-22(28)24(21-25-17-13-14-18-26(25)27)16-12-10-8-6-4-2-3-5-7-9-11-15-23-19-20-23/h13-14,17-18,23-24H,2-12,15-16,19-21H2,1H3. The summed E-state index contributed by atoms with van der Waals surface area (Å²) in [6, 6.07) is 6.85. The number of ketones is 1. The number of halogens is 1. The van der Waals surface area contributed by atoms with Gasteiger partial charge in [-0.1, -0.05) is 108 Å². The van der Waals surface area contributed by atoms with E-state index in [0.717, 1.165) is 18.8 Å². The molecule has 1 saturated carbocycles. The van der Waals surface area contributed by atoms with Crippen LogP contribution in [0.25, 0.3) is 0 Å². The molecule has 28 heavy (non-hydrogen) atoms. The monoisotopic (exact) mass is 388 g/mol. The van der Waals surface area contributed by atoms with E-state index in [0.29, 0.717) is 12.0 Å². The Morgan fingerprint density at radius 1 is 0.893 bits per heavy atom. The Hall–Kier alpha value is -1.18. The SMILES string of the molecule is CC(=O)C(CCCCCCCCCCCCCC1CC1)Cc1ccccc1F. The van der Waals surface area contributed by atoms with Crippen LogP contribution >= 0.6 is 0 Å². The van der Waals surface area contributed by atoms with Gasteiger partial charge >= 0.3 is 0 Å². The van der Waals surface area contributed by atoms with Crippen molar-refractivity contribution in [1.29, 1.82) is 0 Å². The Morgan fingerprint density at radius 2 is 1.43 bits per heavy atom. The largest absolute Gasteiger partial charge is 0.300 e. The number of carbonyl (C=O) groups excluding carboxylic acids is 1. The number of carbonyl (C=O) groups is 1. The number of Topliss-reactive ketones (excluding diaryl/α,β-unsaturated/α-hetero) is 1. The van der Waals surface area contributed by atoms with E-state index in [2.05, 4.69) is 0 Å². The Kier molecular flexibility index (Phi) is 11.5. The molecular weight excluding hydrogens is 347 g/mol. The topological polar surface area (TPSA) is 17.1 Å². The van der Waals surface area contributed by atoms with E-state index in [1.807, 2.05) is 6.07 Å². The first-order valence-electron chi connectivity index (χ1n) is 11.9. The van der Waals surface area contributed by atoms with Gasteiger partial charge in [-0.25, -0.2) is 4.39 Å². The molecule has 0 aromatic heterocycles. The average Bonchev–Trinajstić information content (AvgIpc) is 3.50. The van der Waals surface area contributed by atoms with Crippen LogP contribution in [0.2, 0.25) is 0 Å². The second-order valence-corrected chi connectivity index (χ2v) is 9.01. The van der Waals surface area contributed by atoms with Crippen LogP contribution in [-0.4, -0.2) is 5.78 Å². The smallest absolute Gasteiger partial charge is 0.133 e. The lowest BCUT2D eigenvalue weighted by Gasteiger charge is -2.14. The highest BCUT2D eigenvalue weighted by Gasteiger charge is 2.19. The lowest BCUT2D eigenvalue weighted by Crippen LogP contribution is -2.14. The highest BCUT2D eigenvalue weighted by molar-refractivity contribution is 5.78. The van der Waals surface area contributed by atoms with Crippen LogP contribution in [0.1, 0.15) is 109 Å². The summed E-state index contributed by atoms with van der Waals surface area (Å²) < 4.78 is 13.8. The summed E-state index contributed by atoms with van der Waals surface area (Å²) >= 11 is 0. The molecule has 1 aromatic rings. The maximum atomic E-state index is 13.8. The van der Waals surface area contributed by atoms with Gasteiger partial charge in [0.05, 0.1) is 0 Å². The summed E-state index contributed by atoms with van der Waals surface area (Å²) in [5.74, 6) is 1.08. The van der Waals surface area contributed by atoms with E-state index >= 15 is 0 Å². The van der Waals surface area contributed by atoms with Crippen molar-refractivity contribution in [1.82, 2.24) is 0 Å². The predicted molar refractivity (Wildman–Crippen MR) is 117 cm³/mol. The fraction of sp³-hybridized carbons (Fsp3) is 0.731. The minimum atomic E-state index is -0.184. The third-order valence-electron chi connectivity index (χ3n) is 6.36. The van der Waals surface area contributed by atoms with Crippen molar-refractivity contribution >= 4 is 5.78 Å². The molecular formula is C26H41FO. The first-order chi connectivity index (χ1) is 13.7. The van der Waals surface area contributed by atoms with Gasteiger partial charge < -0.3 is 0 Å². The molecule has 2 heteroatoms. The first-order valence-corrected chi connectivity index (χ1v) is 11.9.